The van der Waals surface area contributed by atoms with E-state index in [9.17, 15) is 13.6 Å². The van der Waals surface area contributed by atoms with E-state index in [-0.39, 0.29) is 24.2 Å². The summed E-state index contributed by atoms with van der Waals surface area (Å²) in [5.41, 5.74) is -0.452. The maximum Gasteiger partial charge on any atom is 0.307 e. The lowest BCUT2D eigenvalue weighted by Crippen LogP contribution is -2.11. The number of halogens is 2. The summed E-state index contributed by atoms with van der Waals surface area (Å²) in [4.78, 5) is 10.8. The van der Waals surface area contributed by atoms with E-state index < -0.39 is 17.6 Å². The number of hydrogen-bond donors (Lipinski definition) is 1. The lowest BCUT2D eigenvalue weighted by atomic mass is 10.2. The van der Waals surface area contributed by atoms with Crippen LogP contribution in [0, 0.1) is 23.0 Å². The van der Waals surface area contributed by atoms with Crippen LogP contribution in [0.25, 0.3) is 0 Å². The van der Waals surface area contributed by atoms with Crippen LogP contribution >= 0.6 is 0 Å². The first-order valence-electron chi connectivity index (χ1n) is 4.79. The number of nitrogens with one attached hydrogen (secondary N) is 1. The first kappa shape index (κ1) is 12.9. The number of nitriles is 1. The second-order valence-electron chi connectivity index (χ2n) is 3.15. The Morgan fingerprint density at radius 3 is 2.76 bits per heavy atom. The zero-order chi connectivity index (χ0) is 12.8. The minimum Gasteiger partial charge on any atom is -0.469 e. The van der Waals surface area contributed by atoms with Gasteiger partial charge in [0, 0.05) is 6.54 Å². The molecule has 1 N–H and O–H groups in total. The van der Waals surface area contributed by atoms with Gasteiger partial charge in [0.1, 0.15) is 6.07 Å². The van der Waals surface area contributed by atoms with Crippen molar-refractivity contribution >= 4 is 11.7 Å². The van der Waals surface area contributed by atoms with Crippen LogP contribution in [-0.2, 0) is 9.53 Å². The number of anilines is 1. The highest BCUT2D eigenvalue weighted by Gasteiger charge is 2.13. The third-order valence-corrected chi connectivity index (χ3v) is 2.08. The van der Waals surface area contributed by atoms with Gasteiger partial charge in [-0.3, -0.25) is 4.79 Å². The van der Waals surface area contributed by atoms with Gasteiger partial charge in [-0.05, 0) is 12.1 Å². The van der Waals surface area contributed by atoms with Crippen molar-refractivity contribution in [2.45, 2.75) is 6.42 Å². The van der Waals surface area contributed by atoms with Crippen molar-refractivity contribution in [3.05, 3.63) is 29.3 Å². The van der Waals surface area contributed by atoms with Gasteiger partial charge in [-0.25, -0.2) is 8.78 Å². The van der Waals surface area contributed by atoms with Crippen molar-refractivity contribution in [2.24, 2.45) is 0 Å². The summed E-state index contributed by atoms with van der Waals surface area (Å²) in [6, 6.07) is 3.94. The fourth-order valence-electron chi connectivity index (χ4n) is 1.17. The Morgan fingerprint density at radius 2 is 2.18 bits per heavy atom. The van der Waals surface area contributed by atoms with Crippen LogP contribution in [0.3, 0.4) is 0 Å². The largest absolute Gasteiger partial charge is 0.469 e. The summed E-state index contributed by atoms with van der Waals surface area (Å²) in [5.74, 6) is -2.78. The van der Waals surface area contributed by atoms with Crippen molar-refractivity contribution < 1.29 is 18.3 Å². The van der Waals surface area contributed by atoms with Crippen LogP contribution in [0.4, 0.5) is 14.5 Å². The predicted molar refractivity (Wildman–Crippen MR) is 56.2 cm³/mol. The van der Waals surface area contributed by atoms with E-state index in [0.717, 1.165) is 0 Å². The van der Waals surface area contributed by atoms with Crippen LogP contribution in [0.1, 0.15) is 12.0 Å². The van der Waals surface area contributed by atoms with Crippen LogP contribution in [0.15, 0.2) is 12.1 Å². The number of carbonyl (C=O) groups is 1. The molecule has 0 amide bonds. The maximum absolute atomic E-state index is 13.4. The standard InChI is InChI=1S/C11H10F2N2O2/c1-17-9(16)4-5-15-8-3-2-7(6-14)10(12)11(8)13/h2-3,15H,4-5H2,1H3. The molecule has 0 fully saturated rings. The molecule has 1 aromatic carbocycles. The average Bonchev–Trinajstić information content (AvgIpc) is 2.34. The quantitative estimate of drug-likeness (QED) is 0.815. The van der Waals surface area contributed by atoms with E-state index in [1.54, 1.807) is 0 Å². The molecule has 0 atom stereocenters. The smallest absolute Gasteiger partial charge is 0.307 e. The minimum atomic E-state index is -1.20. The molecule has 6 heteroatoms. The van der Waals surface area contributed by atoms with Gasteiger partial charge in [-0.2, -0.15) is 5.26 Å². The summed E-state index contributed by atoms with van der Waals surface area (Å²) in [6.45, 7) is 0.120. The summed E-state index contributed by atoms with van der Waals surface area (Å²) in [6.07, 6.45) is 0.0392. The van der Waals surface area contributed by atoms with E-state index in [2.05, 4.69) is 10.1 Å². The number of rotatable bonds is 4. The van der Waals surface area contributed by atoms with Gasteiger partial charge >= 0.3 is 5.97 Å². The van der Waals surface area contributed by atoms with E-state index in [0.29, 0.717) is 0 Å². The Kier molecular flexibility index (Phi) is 4.40. The molecule has 0 saturated heterocycles. The molecule has 0 unspecified atom stereocenters. The lowest BCUT2D eigenvalue weighted by Gasteiger charge is -2.07. The highest BCUT2D eigenvalue weighted by Crippen LogP contribution is 2.19. The van der Waals surface area contributed by atoms with Gasteiger partial charge in [0.15, 0.2) is 11.6 Å². The molecular weight excluding hydrogens is 230 g/mol. The Morgan fingerprint density at radius 1 is 1.47 bits per heavy atom. The van der Waals surface area contributed by atoms with Crippen LogP contribution in [-0.4, -0.2) is 19.6 Å². The van der Waals surface area contributed by atoms with Crippen molar-refractivity contribution in [2.75, 3.05) is 19.0 Å². The number of carbonyl (C=O) groups excluding carboxylic acids is 1. The Balaban J connectivity index is 2.71. The number of nitrogens with zero attached hydrogens (tertiary/aromatic N) is 1. The van der Waals surface area contributed by atoms with Crippen LogP contribution < -0.4 is 5.32 Å². The average molecular weight is 240 g/mol. The fraction of sp³-hybridized carbons (Fsp3) is 0.273. The van der Waals surface area contributed by atoms with Gasteiger partial charge in [0.05, 0.1) is 24.8 Å². The SMILES string of the molecule is COC(=O)CCNc1ccc(C#N)c(F)c1F. The monoisotopic (exact) mass is 240 g/mol. The Labute approximate surface area is 96.8 Å². The maximum atomic E-state index is 13.4. The van der Waals surface area contributed by atoms with E-state index in [1.807, 2.05) is 0 Å². The van der Waals surface area contributed by atoms with Crippen LogP contribution in [0.5, 0.6) is 0 Å². The highest BCUT2D eigenvalue weighted by atomic mass is 19.2. The van der Waals surface area contributed by atoms with Crippen molar-refractivity contribution in [1.29, 1.82) is 5.26 Å². The van der Waals surface area contributed by atoms with Crippen molar-refractivity contribution in [3.8, 4) is 6.07 Å². The van der Waals surface area contributed by atoms with Gasteiger partial charge in [-0.1, -0.05) is 0 Å². The number of methoxy groups -OCH3 is 1. The van der Waals surface area contributed by atoms with Crippen molar-refractivity contribution in [3.63, 3.8) is 0 Å². The predicted octanol–water partition coefficient (Wildman–Crippen LogP) is 1.81. The van der Waals surface area contributed by atoms with Gasteiger partial charge < -0.3 is 10.1 Å². The molecule has 0 bridgehead atoms. The van der Waals surface area contributed by atoms with Crippen LogP contribution in [0.2, 0.25) is 0 Å². The Bertz CT molecular complexity index is 469. The topological polar surface area (TPSA) is 62.1 Å². The molecule has 0 saturated carbocycles. The molecule has 0 aliphatic heterocycles. The molecule has 0 aliphatic rings. The summed E-state index contributed by atoms with van der Waals surface area (Å²) in [5, 5.41) is 11.0. The second-order valence-corrected chi connectivity index (χ2v) is 3.15. The fourth-order valence-corrected chi connectivity index (χ4v) is 1.17. The minimum absolute atomic E-state index is 0.0392. The first-order chi connectivity index (χ1) is 8.10. The number of ether oxygens (including phenoxy) is 1. The van der Waals surface area contributed by atoms with Crippen molar-refractivity contribution in [1.82, 2.24) is 0 Å². The molecule has 17 heavy (non-hydrogen) atoms. The molecule has 1 rings (SSSR count). The molecule has 0 heterocycles. The van der Waals surface area contributed by atoms with Gasteiger partial charge in [0.2, 0.25) is 0 Å². The van der Waals surface area contributed by atoms with E-state index >= 15 is 0 Å². The Hall–Kier alpha value is -2.16. The summed E-state index contributed by atoms with van der Waals surface area (Å²) >= 11 is 0. The number of esters is 1. The molecule has 0 radical (unpaired) electrons. The third-order valence-electron chi connectivity index (χ3n) is 2.08. The molecule has 4 nitrogen and oxygen atoms in total. The summed E-state index contributed by atoms with van der Waals surface area (Å²) in [7, 11) is 1.24. The van der Waals surface area contributed by atoms with Gasteiger partial charge in [-0.15, -0.1) is 0 Å². The van der Waals surface area contributed by atoms with E-state index in [1.165, 1.54) is 25.3 Å². The zero-order valence-corrected chi connectivity index (χ0v) is 9.09. The van der Waals surface area contributed by atoms with E-state index in [4.69, 9.17) is 5.26 Å². The molecule has 90 valence electrons. The number of benzene rings is 1. The molecule has 0 aliphatic carbocycles. The van der Waals surface area contributed by atoms with Gasteiger partial charge in [0.25, 0.3) is 0 Å². The first-order valence-corrected chi connectivity index (χ1v) is 4.79. The molecule has 1 aromatic rings. The lowest BCUT2D eigenvalue weighted by molar-refractivity contribution is -0.140. The number of hydrogen-bond acceptors (Lipinski definition) is 4. The zero-order valence-electron chi connectivity index (χ0n) is 9.09. The highest BCUT2D eigenvalue weighted by molar-refractivity contribution is 5.69. The normalized spacial score (nSPS) is 9.53. The third kappa shape index (κ3) is 3.14. The molecule has 0 aromatic heterocycles. The molecule has 0 spiro atoms. The summed E-state index contributed by atoms with van der Waals surface area (Å²) < 4.78 is 30.9. The second kappa shape index (κ2) is 5.80. The molecular formula is C11H10F2N2O2.